The first kappa shape index (κ1) is 15.2. The first-order valence-corrected chi connectivity index (χ1v) is 6.78. The van der Waals surface area contributed by atoms with Crippen molar-refractivity contribution in [3.8, 4) is 5.75 Å². The Morgan fingerprint density at radius 2 is 2.00 bits per heavy atom. The fourth-order valence-corrected chi connectivity index (χ4v) is 2.00. The van der Waals surface area contributed by atoms with E-state index in [1.165, 1.54) is 6.07 Å². The van der Waals surface area contributed by atoms with E-state index in [9.17, 15) is 14.7 Å². The number of carbonyl (C=O) groups is 2. The molecule has 2 rings (SSSR count). The van der Waals surface area contributed by atoms with E-state index in [4.69, 9.17) is 14.2 Å². The molecular formula is C14H17NO6. The molecule has 7 heteroatoms. The zero-order valence-corrected chi connectivity index (χ0v) is 11.9. The van der Waals surface area contributed by atoms with Gasteiger partial charge < -0.3 is 19.3 Å². The van der Waals surface area contributed by atoms with Gasteiger partial charge in [0.15, 0.2) is 5.69 Å². The minimum Gasteiger partial charge on any atom is -0.491 e. The van der Waals surface area contributed by atoms with E-state index in [-0.39, 0.29) is 35.9 Å². The third-order valence-corrected chi connectivity index (χ3v) is 2.94. The molecule has 21 heavy (non-hydrogen) atoms. The molecule has 1 aromatic rings. The molecule has 1 atom stereocenters. The van der Waals surface area contributed by atoms with E-state index < -0.39 is 18.0 Å². The highest BCUT2D eigenvalue weighted by Crippen LogP contribution is 2.32. The van der Waals surface area contributed by atoms with Crippen molar-refractivity contribution in [1.82, 2.24) is 4.98 Å². The second-order valence-electron chi connectivity index (χ2n) is 4.36. The first-order chi connectivity index (χ1) is 10.1. The first-order valence-electron chi connectivity index (χ1n) is 6.78. The van der Waals surface area contributed by atoms with Crippen molar-refractivity contribution in [1.29, 1.82) is 0 Å². The molecule has 2 heterocycles. The number of carbonyl (C=O) groups excluding carboxylic acids is 2. The number of nitrogens with zero attached hydrogens (tertiary/aromatic N) is 1. The highest BCUT2D eigenvalue weighted by Gasteiger charge is 2.29. The number of aliphatic hydroxyl groups is 1. The predicted octanol–water partition coefficient (Wildman–Crippen LogP) is 1.25. The van der Waals surface area contributed by atoms with Crippen molar-refractivity contribution in [2.24, 2.45) is 0 Å². The Morgan fingerprint density at radius 3 is 2.67 bits per heavy atom. The van der Waals surface area contributed by atoms with Gasteiger partial charge in [-0.25, -0.2) is 14.6 Å². The van der Waals surface area contributed by atoms with Gasteiger partial charge in [0.05, 0.1) is 25.4 Å². The minimum atomic E-state index is -0.835. The Balaban J connectivity index is 2.50. The van der Waals surface area contributed by atoms with Crippen LogP contribution in [0.15, 0.2) is 6.07 Å². The Labute approximate surface area is 121 Å². The number of ether oxygens (including phenoxy) is 3. The number of esters is 2. The molecule has 0 bridgehead atoms. The van der Waals surface area contributed by atoms with Crippen LogP contribution in [0, 0.1) is 0 Å². The lowest BCUT2D eigenvalue weighted by Gasteiger charge is -2.22. The normalized spacial score (nSPS) is 16.6. The van der Waals surface area contributed by atoms with E-state index in [1.54, 1.807) is 13.8 Å². The maximum absolute atomic E-state index is 12.0. The summed E-state index contributed by atoms with van der Waals surface area (Å²) in [4.78, 5) is 28.0. The van der Waals surface area contributed by atoms with Gasteiger partial charge in [0.2, 0.25) is 0 Å². The zero-order chi connectivity index (χ0) is 15.4. The predicted molar refractivity (Wildman–Crippen MR) is 71.2 cm³/mol. The van der Waals surface area contributed by atoms with Crippen LogP contribution in [0.4, 0.5) is 0 Å². The van der Waals surface area contributed by atoms with Gasteiger partial charge in [0.25, 0.3) is 0 Å². The van der Waals surface area contributed by atoms with Crippen LogP contribution in [0.5, 0.6) is 5.75 Å². The molecule has 0 spiro atoms. The summed E-state index contributed by atoms with van der Waals surface area (Å²) in [6.45, 7) is 3.95. The van der Waals surface area contributed by atoms with Crippen LogP contribution in [-0.4, -0.2) is 41.8 Å². The van der Waals surface area contributed by atoms with E-state index in [0.29, 0.717) is 13.0 Å². The van der Waals surface area contributed by atoms with Gasteiger partial charge in [-0.2, -0.15) is 0 Å². The fourth-order valence-electron chi connectivity index (χ4n) is 2.00. The van der Waals surface area contributed by atoms with Crippen molar-refractivity contribution in [3.05, 3.63) is 23.0 Å². The van der Waals surface area contributed by atoms with Gasteiger partial charge in [-0.1, -0.05) is 0 Å². The average Bonchev–Trinajstić information content (AvgIpc) is 2.47. The van der Waals surface area contributed by atoms with Crippen LogP contribution in [0.2, 0.25) is 0 Å². The number of hydrogen-bond donors (Lipinski definition) is 1. The Hall–Kier alpha value is -2.15. The number of aromatic nitrogens is 1. The third-order valence-electron chi connectivity index (χ3n) is 2.94. The van der Waals surface area contributed by atoms with E-state index in [2.05, 4.69) is 4.98 Å². The molecule has 1 N–H and O–H groups in total. The molecule has 0 fully saturated rings. The summed E-state index contributed by atoms with van der Waals surface area (Å²) in [6.07, 6.45) is -0.459. The van der Waals surface area contributed by atoms with Crippen molar-refractivity contribution in [3.63, 3.8) is 0 Å². The standard InChI is InChI=1S/C14H17NO6/c1-3-19-13(17)8-7-10-12(9(16)5-6-21-10)15-11(8)14(18)20-4-2/h7,9,16H,3-6H2,1-2H3. The minimum absolute atomic E-state index is 0.0249. The molecule has 0 aliphatic carbocycles. The average molecular weight is 295 g/mol. The lowest BCUT2D eigenvalue weighted by molar-refractivity contribution is 0.0468. The topological polar surface area (TPSA) is 95.0 Å². The smallest absolute Gasteiger partial charge is 0.357 e. The molecule has 0 aromatic carbocycles. The molecule has 114 valence electrons. The maximum Gasteiger partial charge on any atom is 0.357 e. The summed E-state index contributed by atoms with van der Waals surface area (Å²) in [6, 6.07) is 1.37. The van der Waals surface area contributed by atoms with Gasteiger partial charge >= 0.3 is 11.9 Å². The van der Waals surface area contributed by atoms with Crippen LogP contribution >= 0.6 is 0 Å². The molecule has 1 aliphatic heterocycles. The van der Waals surface area contributed by atoms with E-state index in [1.807, 2.05) is 0 Å². The molecule has 7 nitrogen and oxygen atoms in total. The highest BCUT2D eigenvalue weighted by molar-refractivity contribution is 6.02. The zero-order valence-electron chi connectivity index (χ0n) is 11.9. The van der Waals surface area contributed by atoms with Gasteiger partial charge in [-0.15, -0.1) is 0 Å². The SMILES string of the molecule is CCOC(=O)c1cc2c(nc1C(=O)OCC)C(O)CCO2. The fraction of sp³-hybridized carbons (Fsp3) is 0.500. The van der Waals surface area contributed by atoms with E-state index in [0.717, 1.165) is 0 Å². The Kier molecular flexibility index (Phi) is 4.74. The highest BCUT2D eigenvalue weighted by atomic mass is 16.5. The molecule has 0 saturated heterocycles. The summed E-state index contributed by atoms with van der Waals surface area (Å²) in [5.74, 6) is -1.13. The second-order valence-corrected chi connectivity index (χ2v) is 4.36. The second kappa shape index (κ2) is 6.53. The molecular weight excluding hydrogens is 278 g/mol. The molecule has 0 radical (unpaired) electrons. The molecule has 1 aromatic heterocycles. The van der Waals surface area contributed by atoms with Gasteiger partial charge in [-0.05, 0) is 19.9 Å². The molecule has 1 aliphatic rings. The van der Waals surface area contributed by atoms with Crippen molar-refractivity contribution in [2.75, 3.05) is 19.8 Å². The quantitative estimate of drug-likeness (QED) is 0.835. The monoisotopic (exact) mass is 295 g/mol. The van der Waals surface area contributed by atoms with Gasteiger partial charge in [-0.3, -0.25) is 0 Å². The number of aliphatic hydroxyl groups excluding tert-OH is 1. The number of fused-ring (bicyclic) bond motifs is 1. The van der Waals surface area contributed by atoms with Crippen molar-refractivity contribution in [2.45, 2.75) is 26.4 Å². The Morgan fingerprint density at radius 1 is 1.33 bits per heavy atom. The van der Waals surface area contributed by atoms with Crippen LogP contribution in [0.3, 0.4) is 0 Å². The lowest BCUT2D eigenvalue weighted by Crippen LogP contribution is -2.22. The lowest BCUT2D eigenvalue weighted by atomic mass is 10.1. The molecule has 0 saturated carbocycles. The number of hydrogen-bond acceptors (Lipinski definition) is 7. The summed E-state index contributed by atoms with van der Waals surface area (Å²) in [5, 5.41) is 9.92. The maximum atomic E-state index is 12.0. The van der Waals surface area contributed by atoms with Gasteiger partial charge in [0.1, 0.15) is 17.5 Å². The largest absolute Gasteiger partial charge is 0.491 e. The Bertz CT molecular complexity index is 557. The number of rotatable bonds is 4. The summed E-state index contributed by atoms with van der Waals surface area (Å²) in [7, 11) is 0. The van der Waals surface area contributed by atoms with Crippen LogP contribution in [-0.2, 0) is 9.47 Å². The van der Waals surface area contributed by atoms with Crippen molar-refractivity contribution < 1.29 is 28.9 Å². The van der Waals surface area contributed by atoms with Crippen LogP contribution < -0.4 is 4.74 Å². The molecule has 0 amide bonds. The summed E-state index contributed by atoms with van der Waals surface area (Å²) < 4.78 is 15.2. The van der Waals surface area contributed by atoms with Crippen molar-refractivity contribution >= 4 is 11.9 Å². The number of pyridine rings is 1. The summed E-state index contributed by atoms with van der Waals surface area (Å²) >= 11 is 0. The van der Waals surface area contributed by atoms with Crippen LogP contribution in [0.1, 0.15) is 52.9 Å². The van der Waals surface area contributed by atoms with Crippen LogP contribution in [0.25, 0.3) is 0 Å². The third kappa shape index (κ3) is 3.13. The summed E-state index contributed by atoms with van der Waals surface area (Å²) in [5.41, 5.74) is 0.0408. The molecule has 1 unspecified atom stereocenters. The van der Waals surface area contributed by atoms with Gasteiger partial charge in [0, 0.05) is 6.42 Å². The van der Waals surface area contributed by atoms with E-state index >= 15 is 0 Å².